The molecule has 0 amide bonds. The molecule has 0 saturated heterocycles. The van der Waals surface area contributed by atoms with Gasteiger partial charge < -0.3 is 15.4 Å². The lowest BCUT2D eigenvalue weighted by molar-refractivity contribution is -0.0493. The predicted molar refractivity (Wildman–Crippen MR) is 115 cm³/mol. The Hall–Kier alpha value is -2.42. The summed E-state index contributed by atoms with van der Waals surface area (Å²) < 4.78 is 31.3. The van der Waals surface area contributed by atoms with E-state index >= 15 is 0 Å². The van der Waals surface area contributed by atoms with Gasteiger partial charge in [0.25, 0.3) is 0 Å². The number of benzene rings is 2. The Kier molecular flexibility index (Phi) is 6.89. The summed E-state index contributed by atoms with van der Waals surface area (Å²) in [5.74, 6) is 0.489. The Balaban J connectivity index is 1.68. The molecule has 0 spiro atoms. The van der Waals surface area contributed by atoms with E-state index in [-0.39, 0.29) is 10.9 Å². The highest BCUT2D eigenvalue weighted by Gasteiger charge is 2.12. The number of alkyl halides is 2. The highest BCUT2D eigenvalue weighted by molar-refractivity contribution is 7.80. The fraction of sp³-hybridized carbons (Fsp3) is 0.158. The average molecular weight is 457 g/mol. The van der Waals surface area contributed by atoms with Gasteiger partial charge in [-0.2, -0.15) is 13.9 Å². The second-order valence-electron chi connectivity index (χ2n) is 6.02. The number of thiocarbonyl (C=S) groups is 1. The van der Waals surface area contributed by atoms with E-state index in [0.29, 0.717) is 28.1 Å². The maximum absolute atomic E-state index is 12.5. The summed E-state index contributed by atoms with van der Waals surface area (Å²) in [5, 5.41) is 11.5. The first-order valence-electron chi connectivity index (χ1n) is 8.42. The SMILES string of the molecule is Cc1cc(NC(=S)Nc2ccccc2OC(F)F)nn1Cc1ccc(Cl)cc1Cl. The third-order valence-corrected chi connectivity index (χ3v) is 4.70. The number of halogens is 4. The second-order valence-corrected chi connectivity index (χ2v) is 7.27. The Bertz CT molecular complexity index is 1030. The Morgan fingerprint density at radius 2 is 1.93 bits per heavy atom. The molecular weight excluding hydrogens is 441 g/mol. The molecule has 1 heterocycles. The van der Waals surface area contributed by atoms with Crippen LogP contribution in [-0.4, -0.2) is 21.5 Å². The second kappa shape index (κ2) is 9.39. The third-order valence-electron chi connectivity index (χ3n) is 3.91. The van der Waals surface area contributed by atoms with E-state index in [1.165, 1.54) is 6.07 Å². The van der Waals surface area contributed by atoms with Crippen LogP contribution in [-0.2, 0) is 6.54 Å². The minimum Gasteiger partial charge on any atom is -0.433 e. The molecule has 3 aromatic rings. The van der Waals surface area contributed by atoms with Crippen LogP contribution in [0.1, 0.15) is 11.3 Å². The van der Waals surface area contributed by atoms with Crippen LogP contribution in [0.2, 0.25) is 10.0 Å². The lowest BCUT2D eigenvalue weighted by Gasteiger charge is -2.13. The van der Waals surface area contributed by atoms with Crippen LogP contribution in [0.25, 0.3) is 0 Å². The van der Waals surface area contributed by atoms with Gasteiger partial charge in [0.2, 0.25) is 0 Å². The fourth-order valence-electron chi connectivity index (χ4n) is 2.58. The van der Waals surface area contributed by atoms with E-state index in [0.717, 1.165) is 11.3 Å². The third kappa shape index (κ3) is 5.79. The minimum absolute atomic E-state index is 0.00857. The number of nitrogens with zero attached hydrogens (tertiary/aromatic N) is 2. The van der Waals surface area contributed by atoms with Crippen molar-refractivity contribution in [1.82, 2.24) is 9.78 Å². The molecule has 0 saturated carbocycles. The van der Waals surface area contributed by atoms with Crippen molar-refractivity contribution in [3.63, 3.8) is 0 Å². The van der Waals surface area contributed by atoms with Gasteiger partial charge in [-0.1, -0.05) is 41.4 Å². The van der Waals surface area contributed by atoms with Crippen LogP contribution in [0.15, 0.2) is 48.5 Å². The summed E-state index contributed by atoms with van der Waals surface area (Å²) in [7, 11) is 0. The maximum Gasteiger partial charge on any atom is 0.387 e. The topological polar surface area (TPSA) is 51.1 Å². The van der Waals surface area contributed by atoms with E-state index in [4.69, 9.17) is 35.4 Å². The molecule has 3 rings (SSSR count). The molecule has 0 aliphatic heterocycles. The van der Waals surface area contributed by atoms with Gasteiger partial charge in [0.1, 0.15) is 5.75 Å². The van der Waals surface area contributed by atoms with Gasteiger partial charge in [-0.25, -0.2) is 0 Å². The van der Waals surface area contributed by atoms with E-state index in [1.807, 2.05) is 13.0 Å². The first-order chi connectivity index (χ1) is 13.8. The highest BCUT2D eigenvalue weighted by atomic mass is 35.5. The molecule has 1 aromatic heterocycles. The van der Waals surface area contributed by atoms with Crippen LogP contribution in [0.5, 0.6) is 5.75 Å². The number of hydrogen-bond acceptors (Lipinski definition) is 3. The van der Waals surface area contributed by atoms with E-state index in [1.54, 1.807) is 41.1 Å². The summed E-state index contributed by atoms with van der Waals surface area (Å²) in [6, 6.07) is 13.4. The summed E-state index contributed by atoms with van der Waals surface area (Å²) in [5.41, 5.74) is 2.06. The number of nitrogens with one attached hydrogen (secondary N) is 2. The Labute approximate surface area is 181 Å². The molecule has 152 valence electrons. The Morgan fingerprint density at radius 3 is 2.66 bits per heavy atom. The molecule has 5 nitrogen and oxygen atoms in total. The van der Waals surface area contributed by atoms with E-state index in [2.05, 4.69) is 20.5 Å². The number of ether oxygens (including phenoxy) is 1. The molecule has 0 radical (unpaired) electrons. The monoisotopic (exact) mass is 456 g/mol. The quantitative estimate of drug-likeness (QED) is 0.448. The Morgan fingerprint density at radius 1 is 1.17 bits per heavy atom. The smallest absolute Gasteiger partial charge is 0.387 e. The van der Waals surface area contributed by atoms with Crippen LogP contribution in [0, 0.1) is 6.92 Å². The lowest BCUT2D eigenvalue weighted by Crippen LogP contribution is -2.20. The van der Waals surface area contributed by atoms with Crippen molar-refractivity contribution >= 4 is 52.0 Å². The van der Waals surface area contributed by atoms with Crippen molar-refractivity contribution in [2.24, 2.45) is 0 Å². The molecule has 0 fully saturated rings. The maximum atomic E-state index is 12.5. The van der Waals surface area contributed by atoms with Crippen molar-refractivity contribution in [3.05, 3.63) is 69.8 Å². The number of aryl methyl sites for hydroxylation is 1. The molecule has 0 unspecified atom stereocenters. The fourth-order valence-corrected chi connectivity index (χ4v) is 3.26. The van der Waals surface area contributed by atoms with E-state index in [9.17, 15) is 8.78 Å². The normalized spacial score (nSPS) is 10.8. The summed E-state index contributed by atoms with van der Waals surface area (Å²) in [6.07, 6.45) is 0. The van der Waals surface area contributed by atoms with Crippen molar-refractivity contribution in [2.45, 2.75) is 20.1 Å². The molecule has 0 atom stereocenters. The number of para-hydroxylation sites is 2. The van der Waals surface area contributed by atoms with Gasteiger partial charge >= 0.3 is 6.61 Å². The van der Waals surface area contributed by atoms with Gasteiger partial charge in [0.05, 0.1) is 12.2 Å². The average Bonchev–Trinajstić information content (AvgIpc) is 2.97. The first-order valence-corrected chi connectivity index (χ1v) is 9.58. The summed E-state index contributed by atoms with van der Waals surface area (Å²) in [4.78, 5) is 0. The zero-order chi connectivity index (χ0) is 21.0. The van der Waals surface area contributed by atoms with Gasteiger partial charge in [-0.05, 0) is 49.0 Å². The molecule has 0 bridgehead atoms. The van der Waals surface area contributed by atoms with Crippen LogP contribution < -0.4 is 15.4 Å². The molecule has 10 heteroatoms. The van der Waals surface area contributed by atoms with Crippen LogP contribution in [0.4, 0.5) is 20.3 Å². The van der Waals surface area contributed by atoms with Gasteiger partial charge in [-0.3, -0.25) is 4.68 Å². The van der Waals surface area contributed by atoms with Crippen LogP contribution in [0.3, 0.4) is 0 Å². The number of anilines is 2. The molecular formula is C19H16Cl2F2N4OS. The van der Waals surface area contributed by atoms with Gasteiger partial charge in [-0.15, -0.1) is 0 Å². The van der Waals surface area contributed by atoms with Crippen molar-refractivity contribution < 1.29 is 13.5 Å². The predicted octanol–water partition coefficient (Wildman–Crippen LogP) is 5.96. The summed E-state index contributed by atoms with van der Waals surface area (Å²) in [6.45, 7) is -0.587. The van der Waals surface area contributed by atoms with Gasteiger partial charge in [0.15, 0.2) is 10.9 Å². The molecule has 2 N–H and O–H groups in total. The zero-order valence-electron chi connectivity index (χ0n) is 15.1. The van der Waals surface area contributed by atoms with E-state index < -0.39 is 6.61 Å². The molecule has 2 aromatic carbocycles. The lowest BCUT2D eigenvalue weighted by atomic mass is 10.2. The number of hydrogen-bond donors (Lipinski definition) is 2. The number of aromatic nitrogens is 2. The van der Waals surface area contributed by atoms with Crippen molar-refractivity contribution in [3.8, 4) is 5.75 Å². The van der Waals surface area contributed by atoms with Crippen molar-refractivity contribution in [1.29, 1.82) is 0 Å². The van der Waals surface area contributed by atoms with Gasteiger partial charge in [0, 0.05) is 21.8 Å². The molecule has 29 heavy (non-hydrogen) atoms. The molecule has 0 aliphatic rings. The standard InChI is InChI=1S/C19H16Cl2F2N4OS/c1-11-8-17(26-27(11)10-12-6-7-13(20)9-14(12)21)25-19(29)24-15-4-2-3-5-16(15)28-18(22)23/h2-9,18H,10H2,1H3,(H2,24,25,26,29). The number of rotatable bonds is 6. The first kappa shape index (κ1) is 21.3. The van der Waals surface area contributed by atoms with Crippen molar-refractivity contribution in [2.75, 3.05) is 10.6 Å². The minimum atomic E-state index is -2.93. The zero-order valence-corrected chi connectivity index (χ0v) is 17.5. The molecule has 0 aliphatic carbocycles. The largest absolute Gasteiger partial charge is 0.433 e. The highest BCUT2D eigenvalue weighted by Crippen LogP contribution is 2.26. The van der Waals surface area contributed by atoms with Crippen LogP contribution >= 0.6 is 35.4 Å². The summed E-state index contributed by atoms with van der Waals surface area (Å²) >= 11 is 17.4.